The summed E-state index contributed by atoms with van der Waals surface area (Å²) in [6.45, 7) is 5.97. The van der Waals surface area contributed by atoms with Gasteiger partial charge in [-0.2, -0.15) is 0 Å². The Morgan fingerprint density at radius 2 is 2.05 bits per heavy atom. The third kappa shape index (κ3) is 3.45. The van der Waals surface area contributed by atoms with Crippen molar-refractivity contribution in [2.45, 2.75) is 13.3 Å². The van der Waals surface area contributed by atoms with E-state index in [1.165, 1.54) is 26.8 Å². The van der Waals surface area contributed by atoms with Gasteiger partial charge in [0.1, 0.15) is 0 Å². The molecule has 0 N–H and O–H groups in total. The highest BCUT2D eigenvalue weighted by Crippen LogP contribution is 2.29. The molecule has 0 radical (unpaired) electrons. The fourth-order valence-corrected chi connectivity index (χ4v) is 2.44. The number of allylic oxidation sites excluding steroid dienone is 9. The van der Waals surface area contributed by atoms with Gasteiger partial charge in [-0.25, -0.2) is 0 Å². The van der Waals surface area contributed by atoms with E-state index < -0.39 is 0 Å². The molecule has 0 bridgehead atoms. The Morgan fingerprint density at radius 3 is 2.79 bits per heavy atom. The van der Waals surface area contributed by atoms with Crippen LogP contribution in [0, 0.1) is 6.92 Å². The molecule has 0 spiro atoms. The number of halogens is 1. The lowest BCUT2D eigenvalue weighted by Crippen LogP contribution is -1.91. The maximum Gasteiger partial charge on any atom is -0.00114 e. The van der Waals surface area contributed by atoms with Crippen molar-refractivity contribution in [3.63, 3.8) is 0 Å². The van der Waals surface area contributed by atoms with Crippen LogP contribution in [-0.2, 0) is 0 Å². The highest BCUT2D eigenvalue weighted by atomic mass is 79.9. The van der Waals surface area contributed by atoms with Crippen molar-refractivity contribution in [2.24, 2.45) is 0 Å². The average Bonchev–Trinajstić information content (AvgIpc) is 2.62. The van der Waals surface area contributed by atoms with E-state index in [1.54, 1.807) is 0 Å². The van der Waals surface area contributed by atoms with Crippen LogP contribution in [-0.4, -0.2) is 0 Å². The van der Waals surface area contributed by atoms with Crippen molar-refractivity contribution >= 4 is 21.5 Å². The van der Waals surface area contributed by atoms with Crippen molar-refractivity contribution in [2.75, 3.05) is 0 Å². The topological polar surface area (TPSA) is 0 Å². The molecule has 0 aromatic heterocycles. The molecule has 1 aliphatic rings. The lowest BCUT2D eigenvalue weighted by Gasteiger charge is -2.11. The second-order valence-electron chi connectivity index (χ2n) is 4.47. The predicted molar refractivity (Wildman–Crippen MR) is 88.2 cm³/mol. The van der Waals surface area contributed by atoms with E-state index in [0.29, 0.717) is 0 Å². The number of benzene rings is 1. The molecular formula is C18H17Br. The third-order valence-electron chi connectivity index (χ3n) is 3.08. The summed E-state index contributed by atoms with van der Waals surface area (Å²) in [4.78, 5) is 0. The van der Waals surface area contributed by atoms with Crippen LogP contribution in [0.25, 0.3) is 5.57 Å². The molecule has 0 heterocycles. The molecule has 0 unspecified atom stereocenters. The Balaban J connectivity index is 2.51. The molecule has 1 aromatic rings. The summed E-state index contributed by atoms with van der Waals surface area (Å²) in [6.07, 6.45) is 13.5. The fraction of sp³-hybridized carbons (Fsp3) is 0.111. The summed E-state index contributed by atoms with van der Waals surface area (Å²) < 4.78 is 1.20. The van der Waals surface area contributed by atoms with Crippen molar-refractivity contribution in [1.82, 2.24) is 0 Å². The molecule has 0 amide bonds. The molecule has 1 heteroatoms. The van der Waals surface area contributed by atoms with Gasteiger partial charge in [0.25, 0.3) is 0 Å². The molecule has 1 aliphatic carbocycles. The molecular weight excluding hydrogens is 296 g/mol. The summed E-state index contributed by atoms with van der Waals surface area (Å²) in [5.41, 5.74) is 4.95. The van der Waals surface area contributed by atoms with E-state index in [9.17, 15) is 0 Å². The summed E-state index contributed by atoms with van der Waals surface area (Å²) in [6, 6.07) is 8.44. The Bertz CT molecular complexity index is 598. The molecule has 2 rings (SSSR count). The number of hydrogen-bond donors (Lipinski definition) is 0. The van der Waals surface area contributed by atoms with Crippen molar-refractivity contribution in [3.05, 3.63) is 88.5 Å². The Morgan fingerprint density at radius 1 is 1.26 bits per heavy atom. The number of rotatable bonds is 3. The number of hydrogen-bond acceptors (Lipinski definition) is 0. The Kier molecular flexibility index (Phi) is 4.75. The van der Waals surface area contributed by atoms with Crippen LogP contribution in [0.3, 0.4) is 0 Å². The standard InChI is InChI=1S/C18H17Br/c1-3-7-18(17-11-5-4-8-14(17)2)15-9-6-10-16(19)13-12-15/h3-9,11-13H,1,10H2,2H3/b18-7-. The second-order valence-corrected chi connectivity index (χ2v) is 5.49. The average molecular weight is 313 g/mol. The number of aryl methyl sites for hydroxylation is 1. The van der Waals surface area contributed by atoms with Gasteiger partial charge in [-0.05, 0) is 40.1 Å². The summed E-state index contributed by atoms with van der Waals surface area (Å²) >= 11 is 3.55. The molecule has 0 nitrogen and oxygen atoms in total. The Hall–Kier alpha value is -1.60. The summed E-state index contributed by atoms with van der Waals surface area (Å²) in [7, 11) is 0. The van der Waals surface area contributed by atoms with Gasteiger partial charge < -0.3 is 0 Å². The van der Waals surface area contributed by atoms with Gasteiger partial charge in [0.05, 0.1) is 0 Å². The Labute approximate surface area is 123 Å². The predicted octanol–water partition coefficient (Wildman–Crippen LogP) is 5.73. The van der Waals surface area contributed by atoms with Crippen LogP contribution >= 0.6 is 15.9 Å². The first-order chi connectivity index (χ1) is 9.22. The molecule has 19 heavy (non-hydrogen) atoms. The summed E-state index contributed by atoms with van der Waals surface area (Å²) in [5.74, 6) is 0. The van der Waals surface area contributed by atoms with Gasteiger partial charge in [0.2, 0.25) is 0 Å². The quantitative estimate of drug-likeness (QED) is 0.625. The highest BCUT2D eigenvalue weighted by molar-refractivity contribution is 9.11. The van der Waals surface area contributed by atoms with E-state index in [2.05, 4.69) is 84.1 Å². The third-order valence-corrected chi connectivity index (χ3v) is 3.67. The van der Waals surface area contributed by atoms with Gasteiger partial charge >= 0.3 is 0 Å². The van der Waals surface area contributed by atoms with Crippen molar-refractivity contribution < 1.29 is 0 Å². The van der Waals surface area contributed by atoms with Crippen LogP contribution < -0.4 is 0 Å². The lowest BCUT2D eigenvalue weighted by molar-refractivity contribution is 1.38. The van der Waals surface area contributed by atoms with Crippen LogP contribution in [0.2, 0.25) is 0 Å². The minimum atomic E-state index is 0.940. The van der Waals surface area contributed by atoms with Crippen molar-refractivity contribution in [3.8, 4) is 0 Å². The first-order valence-corrected chi connectivity index (χ1v) is 7.13. The smallest absolute Gasteiger partial charge is 0.00114 e. The van der Waals surface area contributed by atoms with E-state index in [0.717, 1.165) is 6.42 Å². The van der Waals surface area contributed by atoms with Crippen molar-refractivity contribution in [1.29, 1.82) is 0 Å². The minimum Gasteiger partial charge on any atom is -0.0990 e. The normalized spacial score (nSPS) is 15.6. The molecule has 1 aromatic carbocycles. The van der Waals surface area contributed by atoms with Gasteiger partial charge in [-0.15, -0.1) is 0 Å². The van der Waals surface area contributed by atoms with Gasteiger partial charge in [-0.3, -0.25) is 0 Å². The van der Waals surface area contributed by atoms with E-state index >= 15 is 0 Å². The second kappa shape index (κ2) is 6.53. The van der Waals surface area contributed by atoms with Crippen LogP contribution in [0.1, 0.15) is 17.5 Å². The van der Waals surface area contributed by atoms with E-state index in [4.69, 9.17) is 0 Å². The first kappa shape index (κ1) is 13.8. The monoisotopic (exact) mass is 312 g/mol. The van der Waals surface area contributed by atoms with Crippen LogP contribution in [0.15, 0.2) is 77.4 Å². The molecule has 0 saturated carbocycles. The highest BCUT2D eigenvalue weighted by Gasteiger charge is 2.08. The van der Waals surface area contributed by atoms with Crippen LogP contribution in [0.5, 0.6) is 0 Å². The maximum absolute atomic E-state index is 3.84. The zero-order valence-electron chi connectivity index (χ0n) is 11.1. The SMILES string of the molecule is C=C/C=C(/C1=CC=C(Br)CC=C1)c1ccccc1C. The van der Waals surface area contributed by atoms with Gasteiger partial charge in [-0.1, -0.05) is 83.2 Å². The first-order valence-electron chi connectivity index (χ1n) is 6.34. The molecule has 0 atom stereocenters. The van der Waals surface area contributed by atoms with Gasteiger partial charge in [0, 0.05) is 0 Å². The van der Waals surface area contributed by atoms with Gasteiger partial charge in [0.15, 0.2) is 0 Å². The zero-order chi connectivity index (χ0) is 13.7. The maximum atomic E-state index is 3.84. The molecule has 0 fully saturated rings. The molecule has 0 saturated heterocycles. The summed E-state index contributed by atoms with van der Waals surface area (Å²) in [5, 5.41) is 0. The fourth-order valence-electron chi connectivity index (χ4n) is 2.12. The minimum absolute atomic E-state index is 0.940. The molecule has 0 aliphatic heterocycles. The van der Waals surface area contributed by atoms with E-state index in [-0.39, 0.29) is 0 Å². The largest absolute Gasteiger partial charge is 0.0990 e. The molecule has 96 valence electrons. The lowest BCUT2D eigenvalue weighted by atomic mass is 9.93. The zero-order valence-corrected chi connectivity index (χ0v) is 12.7. The van der Waals surface area contributed by atoms with Crippen LogP contribution in [0.4, 0.5) is 0 Å². The van der Waals surface area contributed by atoms with E-state index in [1.807, 2.05) is 6.08 Å².